The first-order chi connectivity index (χ1) is 13.8. The van der Waals surface area contributed by atoms with E-state index in [1.54, 1.807) is 36.4 Å². The highest BCUT2D eigenvalue weighted by Crippen LogP contribution is 2.42. The number of hydrogen-bond acceptors (Lipinski definition) is 6. The third kappa shape index (κ3) is 3.54. The molecule has 29 heavy (non-hydrogen) atoms. The molecule has 2 saturated heterocycles. The Bertz CT molecular complexity index is 1110. The van der Waals surface area contributed by atoms with Crippen molar-refractivity contribution in [2.24, 2.45) is 0 Å². The third-order valence-electron chi connectivity index (χ3n) is 5.22. The van der Waals surface area contributed by atoms with Crippen LogP contribution >= 0.6 is 11.6 Å². The van der Waals surface area contributed by atoms with Crippen LogP contribution < -0.4 is 0 Å². The van der Waals surface area contributed by atoms with E-state index in [0.717, 1.165) is 0 Å². The van der Waals surface area contributed by atoms with E-state index in [1.165, 1.54) is 17.3 Å². The van der Waals surface area contributed by atoms with Crippen LogP contribution in [0.3, 0.4) is 0 Å². The number of hydrogen-bond donors (Lipinski definition) is 1. The number of aliphatic hydroxyl groups is 1. The maximum absolute atomic E-state index is 12.9. The topological polar surface area (TPSA) is 105 Å². The number of carbonyl (C=O) groups is 2. The summed E-state index contributed by atoms with van der Waals surface area (Å²) in [6, 6.07) is 7.99. The zero-order valence-corrected chi connectivity index (χ0v) is 16.7. The molecule has 0 radical (unpaired) electrons. The molecule has 2 aromatic rings. The SMILES string of the molecule is O=C1C(=O)N([C@H]2CCS(=O)(=O)C2)[C@H](c2ccncc2)/C1=C(\O)c1ccc(Cl)cc1. The first-order valence-electron chi connectivity index (χ1n) is 8.95. The number of likely N-dealkylation sites (tertiary alicyclic amines) is 1. The highest BCUT2D eigenvalue weighted by atomic mass is 35.5. The smallest absolute Gasteiger partial charge is 0.295 e. The molecule has 1 N–H and O–H groups in total. The van der Waals surface area contributed by atoms with Gasteiger partial charge in [0, 0.05) is 29.0 Å². The summed E-state index contributed by atoms with van der Waals surface area (Å²) in [5.41, 5.74) is 0.831. The summed E-state index contributed by atoms with van der Waals surface area (Å²) in [5.74, 6) is -2.23. The molecular formula is C20H17ClN2O5S. The lowest BCUT2D eigenvalue weighted by Crippen LogP contribution is -2.40. The van der Waals surface area contributed by atoms with Gasteiger partial charge in [0.05, 0.1) is 23.1 Å². The molecular weight excluding hydrogens is 416 g/mol. The van der Waals surface area contributed by atoms with E-state index >= 15 is 0 Å². The van der Waals surface area contributed by atoms with Crippen molar-refractivity contribution < 1.29 is 23.1 Å². The molecule has 2 aliphatic rings. The van der Waals surface area contributed by atoms with Crippen LogP contribution in [0.25, 0.3) is 5.76 Å². The minimum Gasteiger partial charge on any atom is -0.507 e. The van der Waals surface area contributed by atoms with Crippen LogP contribution in [0.1, 0.15) is 23.6 Å². The summed E-state index contributed by atoms with van der Waals surface area (Å²) in [4.78, 5) is 31.0. The molecule has 9 heteroatoms. The van der Waals surface area contributed by atoms with Gasteiger partial charge in [-0.2, -0.15) is 0 Å². The maximum atomic E-state index is 12.9. The van der Waals surface area contributed by atoms with E-state index in [4.69, 9.17) is 11.6 Å². The van der Waals surface area contributed by atoms with Gasteiger partial charge in [0.15, 0.2) is 9.84 Å². The molecule has 2 atom stereocenters. The Kier molecular flexibility index (Phi) is 4.92. The summed E-state index contributed by atoms with van der Waals surface area (Å²) in [6.45, 7) is 0. The number of ketones is 1. The lowest BCUT2D eigenvalue weighted by atomic mass is 9.95. The van der Waals surface area contributed by atoms with Gasteiger partial charge in [-0.1, -0.05) is 11.6 Å². The number of nitrogens with zero attached hydrogens (tertiary/aromatic N) is 2. The second-order valence-corrected chi connectivity index (χ2v) is 9.72. The van der Waals surface area contributed by atoms with E-state index in [1.807, 2.05) is 0 Å². The molecule has 0 spiro atoms. The zero-order valence-electron chi connectivity index (χ0n) is 15.2. The van der Waals surface area contributed by atoms with E-state index in [0.29, 0.717) is 16.1 Å². The van der Waals surface area contributed by atoms with Gasteiger partial charge in [0.2, 0.25) is 0 Å². The van der Waals surface area contributed by atoms with Crippen molar-refractivity contribution in [2.45, 2.75) is 18.5 Å². The third-order valence-corrected chi connectivity index (χ3v) is 7.22. The molecule has 0 aliphatic carbocycles. The summed E-state index contributed by atoms with van der Waals surface area (Å²) < 4.78 is 24.0. The Morgan fingerprint density at radius 2 is 1.76 bits per heavy atom. The van der Waals surface area contributed by atoms with Crippen molar-refractivity contribution in [3.8, 4) is 0 Å². The van der Waals surface area contributed by atoms with Crippen molar-refractivity contribution in [1.82, 2.24) is 9.88 Å². The summed E-state index contributed by atoms with van der Waals surface area (Å²) in [7, 11) is -3.28. The van der Waals surface area contributed by atoms with E-state index in [-0.39, 0.29) is 29.3 Å². The second kappa shape index (κ2) is 7.27. The summed E-state index contributed by atoms with van der Waals surface area (Å²) >= 11 is 5.90. The van der Waals surface area contributed by atoms with Crippen molar-refractivity contribution in [1.29, 1.82) is 0 Å². The number of halogens is 1. The van der Waals surface area contributed by atoms with Crippen LogP contribution in [-0.4, -0.2) is 52.6 Å². The Morgan fingerprint density at radius 1 is 1.10 bits per heavy atom. The number of rotatable bonds is 3. The standard InChI is InChI=1S/C20H17ClN2O5S/c21-14-3-1-13(2-4-14)18(24)16-17(12-5-8-22-9-6-12)23(20(26)19(16)25)15-7-10-29(27,28)11-15/h1-6,8-9,15,17,24H,7,10-11H2/b18-16+/t15-,17+/m0/s1. The normalized spacial score (nSPS) is 25.5. The number of benzene rings is 1. The minimum atomic E-state index is -3.28. The van der Waals surface area contributed by atoms with Gasteiger partial charge in [-0.25, -0.2) is 8.42 Å². The van der Waals surface area contributed by atoms with E-state index < -0.39 is 33.6 Å². The lowest BCUT2D eigenvalue weighted by molar-refractivity contribution is -0.141. The predicted octanol–water partition coefficient (Wildman–Crippen LogP) is 2.34. The van der Waals surface area contributed by atoms with Gasteiger partial charge < -0.3 is 10.0 Å². The number of pyridine rings is 1. The lowest BCUT2D eigenvalue weighted by Gasteiger charge is -2.30. The predicted molar refractivity (Wildman–Crippen MR) is 107 cm³/mol. The molecule has 0 saturated carbocycles. The van der Waals surface area contributed by atoms with Crippen LogP contribution in [0.5, 0.6) is 0 Å². The van der Waals surface area contributed by atoms with Gasteiger partial charge in [0.25, 0.3) is 11.7 Å². The molecule has 1 aromatic heterocycles. The monoisotopic (exact) mass is 432 g/mol. The van der Waals surface area contributed by atoms with Crippen molar-refractivity contribution in [3.05, 3.63) is 70.5 Å². The molecule has 2 aliphatic heterocycles. The van der Waals surface area contributed by atoms with Gasteiger partial charge in [-0.05, 0) is 48.4 Å². The molecule has 7 nitrogen and oxygen atoms in total. The van der Waals surface area contributed by atoms with Gasteiger partial charge >= 0.3 is 0 Å². The van der Waals surface area contributed by atoms with Gasteiger partial charge in [0.1, 0.15) is 5.76 Å². The average Bonchev–Trinajstić information content (AvgIpc) is 3.19. The Balaban J connectivity index is 1.88. The fraction of sp³-hybridized carbons (Fsp3) is 0.250. The molecule has 4 rings (SSSR count). The number of aliphatic hydroxyl groups excluding tert-OH is 1. The first-order valence-corrected chi connectivity index (χ1v) is 11.1. The summed E-state index contributed by atoms with van der Waals surface area (Å²) in [5, 5.41) is 11.4. The number of Topliss-reactive ketones (excluding diaryl/α,β-unsaturated/α-hetero) is 1. The summed E-state index contributed by atoms with van der Waals surface area (Å²) in [6.07, 6.45) is 3.28. The maximum Gasteiger partial charge on any atom is 0.295 e. The minimum absolute atomic E-state index is 0.0408. The van der Waals surface area contributed by atoms with E-state index in [2.05, 4.69) is 4.98 Å². The molecule has 0 bridgehead atoms. The van der Waals surface area contributed by atoms with Crippen molar-refractivity contribution in [3.63, 3.8) is 0 Å². The van der Waals surface area contributed by atoms with E-state index in [9.17, 15) is 23.1 Å². The van der Waals surface area contributed by atoms with Crippen molar-refractivity contribution in [2.75, 3.05) is 11.5 Å². The van der Waals surface area contributed by atoms with Gasteiger partial charge in [-0.3, -0.25) is 14.6 Å². The van der Waals surface area contributed by atoms with Crippen LogP contribution in [0.15, 0.2) is 54.4 Å². The fourth-order valence-electron chi connectivity index (χ4n) is 3.86. The largest absolute Gasteiger partial charge is 0.507 e. The fourth-order valence-corrected chi connectivity index (χ4v) is 5.70. The van der Waals surface area contributed by atoms with Crippen LogP contribution in [0.4, 0.5) is 0 Å². The Labute approximate surface area is 172 Å². The molecule has 150 valence electrons. The molecule has 1 amide bonds. The number of carbonyl (C=O) groups excluding carboxylic acids is 2. The zero-order chi connectivity index (χ0) is 20.8. The highest BCUT2D eigenvalue weighted by Gasteiger charge is 2.50. The van der Waals surface area contributed by atoms with Crippen LogP contribution in [0.2, 0.25) is 5.02 Å². The van der Waals surface area contributed by atoms with Crippen molar-refractivity contribution >= 4 is 38.9 Å². The van der Waals surface area contributed by atoms with Crippen LogP contribution in [-0.2, 0) is 19.4 Å². The Hall–Kier alpha value is -2.71. The highest BCUT2D eigenvalue weighted by molar-refractivity contribution is 7.91. The second-order valence-electron chi connectivity index (χ2n) is 7.05. The average molecular weight is 433 g/mol. The Morgan fingerprint density at radius 3 is 2.34 bits per heavy atom. The quantitative estimate of drug-likeness (QED) is 0.453. The molecule has 3 heterocycles. The first kappa shape index (κ1) is 19.6. The number of aromatic nitrogens is 1. The molecule has 2 fully saturated rings. The number of sulfone groups is 1. The van der Waals surface area contributed by atoms with Crippen LogP contribution in [0, 0.1) is 0 Å². The molecule has 1 aromatic carbocycles. The van der Waals surface area contributed by atoms with Gasteiger partial charge in [-0.15, -0.1) is 0 Å². The number of amides is 1. The molecule has 0 unspecified atom stereocenters.